The van der Waals surface area contributed by atoms with Gasteiger partial charge in [-0.3, -0.25) is 4.79 Å². The van der Waals surface area contributed by atoms with Crippen molar-refractivity contribution in [3.05, 3.63) is 70.1 Å². The SMILES string of the molecule is COc1ccc(/C(O)=C/c2nc3ccccc3[nH]c2=O)cc1. The third-order valence-electron chi connectivity index (χ3n) is 3.29. The number of ether oxygens (including phenoxy) is 1. The molecule has 0 amide bonds. The van der Waals surface area contributed by atoms with Crippen LogP contribution < -0.4 is 10.3 Å². The van der Waals surface area contributed by atoms with E-state index in [1.54, 1.807) is 43.5 Å². The van der Waals surface area contributed by atoms with Crippen molar-refractivity contribution in [3.8, 4) is 5.75 Å². The van der Waals surface area contributed by atoms with Gasteiger partial charge in [-0.1, -0.05) is 12.1 Å². The first-order chi connectivity index (χ1) is 10.7. The summed E-state index contributed by atoms with van der Waals surface area (Å²) < 4.78 is 5.07. The normalized spacial score (nSPS) is 11.6. The fourth-order valence-corrected chi connectivity index (χ4v) is 2.12. The summed E-state index contributed by atoms with van der Waals surface area (Å²) in [5, 5.41) is 10.2. The van der Waals surface area contributed by atoms with Gasteiger partial charge in [0.1, 0.15) is 17.2 Å². The van der Waals surface area contributed by atoms with E-state index in [0.29, 0.717) is 22.3 Å². The maximum Gasteiger partial charge on any atom is 0.274 e. The fraction of sp³-hybridized carbons (Fsp3) is 0.0588. The zero-order valence-electron chi connectivity index (χ0n) is 11.9. The van der Waals surface area contributed by atoms with Crippen LogP contribution in [0.25, 0.3) is 22.9 Å². The molecule has 1 aromatic heterocycles. The van der Waals surface area contributed by atoms with Crippen LogP contribution in [0.5, 0.6) is 5.75 Å². The summed E-state index contributed by atoms with van der Waals surface area (Å²) >= 11 is 0. The van der Waals surface area contributed by atoms with Crippen LogP contribution in [0.4, 0.5) is 0 Å². The number of H-pyrrole nitrogens is 1. The highest BCUT2D eigenvalue weighted by atomic mass is 16.5. The van der Waals surface area contributed by atoms with E-state index in [9.17, 15) is 9.90 Å². The number of aliphatic hydroxyl groups is 1. The van der Waals surface area contributed by atoms with Crippen LogP contribution in [0.2, 0.25) is 0 Å². The lowest BCUT2D eigenvalue weighted by molar-refractivity contribution is 0.414. The van der Waals surface area contributed by atoms with Crippen LogP contribution in [-0.2, 0) is 0 Å². The first-order valence-electron chi connectivity index (χ1n) is 6.71. The molecular weight excluding hydrogens is 280 g/mol. The Morgan fingerprint density at radius 2 is 1.91 bits per heavy atom. The number of nitrogens with zero attached hydrogens (tertiary/aromatic N) is 1. The molecule has 0 spiro atoms. The molecule has 3 aromatic rings. The monoisotopic (exact) mass is 294 g/mol. The lowest BCUT2D eigenvalue weighted by Gasteiger charge is -2.03. The molecule has 0 aliphatic rings. The van der Waals surface area contributed by atoms with Crippen molar-refractivity contribution >= 4 is 22.9 Å². The fourth-order valence-electron chi connectivity index (χ4n) is 2.12. The Bertz CT molecular complexity index is 896. The summed E-state index contributed by atoms with van der Waals surface area (Å²) in [5.74, 6) is 0.661. The third kappa shape index (κ3) is 2.69. The van der Waals surface area contributed by atoms with Crippen LogP contribution in [0.15, 0.2) is 53.3 Å². The molecule has 22 heavy (non-hydrogen) atoms. The molecule has 0 bridgehead atoms. The highest BCUT2D eigenvalue weighted by Gasteiger charge is 2.05. The molecule has 110 valence electrons. The van der Waals surface area contributed by atoms with Gasteiger partial charge in [0.05, 0.1) is 18.1 Å². The standard InChI is InChI=1S/C17H14N2O3/c1-22-12-8-6-11(7-9-12)16(20)10-15-17(21)19-14-5-3-2-4-13(14)18-15/h2-10,20H,1H3,(H,19,21)/b16-10-. The van der Waals surface area contributed by atoms with Gasteiger partial charge in [-0.15, -0.1) is 0 Å². The minimum absolute atomic E-state index is 0.0315. The number of methoxy groups -OCH3 is 1. The van der Waals surface area contributed by atoms with E-state index in [1.165, 1.54) is 6.08 Å². The number of hydrogen-bond acceptors (Lipinski definition) is 4. The Labute approximate surface area is 126 Å². The van der Waals surface area contributed by atoms with Gasteiger partial charge in [0.2, 0.25) is 0 Å². The first-order valence-corrected chi connectivity index (χ1v) is 6.71. The maximum absolute atomic E-state index is 12.0. The first kappa shape index (κ1) is 13.9. The van der Waals surface area contributed by atoms with Gasteiger partial charge >= 0.3 is 0 Å². The van der Waals surface area contributed by atoms with Crippen LogP contribution in [-0.4, -0.2) is 22.2 Å². The number of rotatable bonds is 3. The highest BCUT2D eigenvalue weighted by molar-refractivity contribution is 5.79. The maximum atomic E-state index is 12.0. The van der Waals surface area contributed by atoms with Crippen molar-refractivity contribution in [1.82, 2.24) is 9.97 Å². The number of nitrogens with one attached hydrogen (secondary N) is 1. The molecule has 3 rings (SSSR count). The van der Waals surface area contributed by atoms with E-state index >= 15 is 0 Å². The van der Waals surface area contributed by atoms with Crippen molar-refractivity contribution < 1.29 is 9.84 Å². The summed E-state index contributed by atoms with van der Waals surface area (Å²) in [6.07, 6.45) is 1.35. The zero-order valence-corrected chi connectivity index (χ0v) is 11.9. The molecule has 5 nitrogen and oxygen atoms in total. The lowest BCUT2D eigenvalue weighted by Crippen LogP contribution is -2.12. The van der Waals surface area contributed by atoms with Gasteiger partial charge in [0.15, 0.2) is 0 Å². The average molecular weight is 294 g/mol. The van der Waals surface area contributed by atoms with Gasteiger partial charge in [-0.25, -0.2) is 4.98 Å². The van der Waals surface area contributed by atoms with Crippen molar-refractivity contribution in [2.45, 2.75) is 0 Å². The molecule has 2 N–H and O–H groups in total. The van der Waals surface area contributed by atoms with Crippen molar-refractivity contribution in [2.75, 3.05) is 7.11 Å². The smallest absolute Gasteiger partial charge is 0.274 e. The second kappa shape index (κ2) is 5.73. The summed E-state index contributed by atoms with van der Waals surface area (Å²) in [4.78, 5) is 19.0. The van der Waals surface area contributed by atoms with Gasteiger partial charge in [0.25, 0.3) is 5.56 Å². The van der Waals surface area contributed by atoms with Gasteiger partial charge < -0.3 is 14.8 Å². The van der Waals surface area contributed by atoms with E-state index < -0.39 is 0 Å². The second-order valence-electron chi connectivity index (χ2n) is 4.73. The predicted octanol–water partition coefficient (Wildman–Crippen LogP) is 2.99. The van der Waals surface area contributed by atoms with E-state index in [2.05, 4.69) is 9.97 Å². The number of aromatic nitrogens is 2. The van der Waals surface area contributed by atoms with Crippen LogP contribution in [0, 0.1) is 0 Å². The average Bonchev–Trinajstić information content (AvgIpc) is 2.55. The molecule has 0 fully saturated rings. The molecule has 5 heteroatoms. The van der Waals surface area contributed by atoms with Crippen molar-refractivity contribution in [3.63, 3.8) is 0 Å². The van der Waals surface area contributed by atoms with Gasteiger partial charge in [-0.05, 0) is 36.4 Å². The second-order valence-corrected chi connectivity index (χ2v) is 4.73. The van der Waals surface area contributed by atoms with E-state index in [1.807, 2.05) is 12.1 Å². The lowest BCUT2D eigenvalue weighted by atomic mass is 10.1. The number of aromatic amines is 1. The molecule has 0 saturated heterocycles. The van der Waals surface area contributed by atoms with Crippen molar-refractivity contribution in [1.29, 1.82) is 0 Å². The Balaban J connectivity index is 2.02. The van der Waals surface area contributed by atoms with Crippen molar-refractivity contribution in [2.24, 2.45) is 0 Å². The summed E-state index contributed by atoms with van der Waals surface area (Å²) in [5.41, 5.74) is 1.71. The number of benzene rings is 2. The van der Waals surface area contributed by atoms with Gasteiger partial charge in [-0.2, -0.15) is 0 Å². The van der Waals surface area contributed by atoms with E-state index in [4.69, 9.17) is 4.74 Å². The van der Waals surface area contributed by atoms with Crippen LogP contribution in [0.3, 0.4) is 0 Å². The number of para-hydroxylation sites is 2. The highest BCUT2D eigenvalue weighted by Crippen LogP contribution is 2.18. The summed E-state index contributed by atoms with van der Waals surface area (Å²) in [6.45, 7) is 0. The summed E-state index contributed by atoms with van der Waals surface area (Å²) in [6, 6.07) is 14.1. The Hall–Kier alpha value is -3.08. The number of hydrogen-bond donors (Lipinski definition) is 2. The minimum atomic E-state index is -0.348. The van der Waals surface area contributed by atoms with Crippen LogP contribution in [0.1, 0.15) is 11.3 Å². The zero-order chi connectivity index (χ0) is 15.5. The van der Waals surface area contributed by atoms with Crippen LogP contribution >= 0.6 is 0 Å². The molecule has 0 aliphatic heterocycles. The molecule has 1 heterocycles. The Morgan fingerprint density at radius 1 is 1.18 bits per heavy atom. The minimum Gasteiger partial charge on any atom is -0.507 e. The molecule has 0 saturated carbocycles. The number of fused-ring (bicyclic) bond motifs is 1. The number of aliphatic hydroxyl groups excluding tert-OH is 1. The summed E-state index contributed by atoms with van der Waals surface area (Å²) in [7, 11) is 1.57. The quantitative estimate of drug-likeness (QED) is 0.728. The molecular formula is C17H14N2O3. The largest absolute Gasteiger partial charge is 0.507 e. The predicted molar refractivity (Wildman–Crippen MR) is 85.9 cm³/mol. The molecule has 0 aliphatic carbocycles. The van der Waals surface area contributed by atoms with E-state index in [-0.39, 0.29) is 17.0 Å². The Morgan fingerprint density at radius 3 is 2.64 bits per heavy atom. The topological polar surface area (TPSA) is 75.2 Å². The molecule has 0 radical (unpaired) electrons. The molecule has 0 unspecified atom stereocenters. The van der Waals surface area contributed by atoms with Gasteiger partial charge in [0, 0.05) is 11.6 Å². The van der Waals surface area contributed by atoms with E-state index in [0.717, 1.165) is 0 Å². The molecule has 0 atom stereocenters. The molecule has 2 aromatic carbocycles. The third-order valence-corrected chi connectivity index (χ3v) is 3.29. The Kier molecular flexibility index (Phi) is 3.62.